The zero-order valence-electron chi connectivity index (χ0n) is 14.5. The molecule has 1 N–H and O–H groups in total. The van der Waals surface area contributed by atoms with Crippen LogP contribution < -0.4 is 5.32 Å². The summed E-state index contributed by atoms with van der Waals surface area (Å²) in [5.41, 5.74) is 2.84. The van der Waals surface area contributed by atoms with Crippen LogP contribution in [-0.2, 0) is 4.74 Å². The summed E-state index contributed by atoms with van der Waals surface area (Å²) in [7, 11) is 1.78. The van der Waals surface area contributed by atoms with E-state index in [4.69, 9.17) is 4.74 Å². The van der Waals surface area contributed by atoms with Gasteiger partial charge in [0.2, 0.25) is 0 Å². The van der Waals surface area contributed by atoms with Crippen molar-refractivity contribution in [3.05, 3.63) is 41.5 Å². The lowest BCUT2D eigenvalue weighted by Gasteiger charge is -2.32. The van der Waals surface area contributed by atoms with E-state index in [9.17, 15) is 0 Å². The maximum Gasteiger partial charge on any atom is 0.0589 e. The molecule has 0 spiro atoms. The minimum atomic E-state index is 0.700. The second-order valence-corrected chi connectivity index (χ2v) is 7.02. The van der Waals surface area contributed by atoms with Crippen LogP contribution in [0.2, 0.25) is 0 Å². The number of nitrogens with one attached hydrogen (secondary N) is 1. The zero-order chi connectivity index (χ0) is 16.1. The van der Waals surface area contributed by atoms with E-state index in [0.29, 0.717) is 12.1 Å². The summed E-state index contributed by atoms with van der Waals surface area (Å²) in [6.45, 7) is 6.63. The Morgan fingerprint density at radius 2 is 2.00 bits per heavy atom. The number of hydrogen-bond acceptors (Lipinski definition) is 3. The third-order valence-corrected chi connectivity index (χ3v) is 5.22. The number of benzene rings is 1. The minimum absolute atomic E-state index is 0.700. The highest BCUT2D eigenvalue weighted by molar-refractivity contribution is 5.53. The van der Waals surface area contributed by atoms with E-state index in [1.807, 2.05) is 0 Å². The molecule has 0 amide bonds. The number of piperidine rings is 1. The van der Waals surface area contributed by atoms with Gasteiger partial charge in [-0.2, -0.15) is 0 Å². The number of nitrogens with zero attached hydrogens (tertiary/aromatic N) is 1. The van der Waals surface area contributed by atoms with Crippen molar-refractivity contribution in [3.8, 4) is 0 Å². The first-order chi connectivity index (χ1) is 11.3. The number of rotatable bonds is 7. The van der Waals surface area contributed by atoms with Crippen LogP contribution in [0.3, 0.4) is 0 Å². The maximum absolute atomic E-state index is 5.17. The van der Waals surface area contributed by atoms with Gasteiger partial charge < -0.3 is 15.0 Å². The predicted molar refractivity (Wildman–Crippen MR) is 96.5 cm³/mol. The molecule has 1 aliphatic carbocycles. The van der Waals surface area contributed by atoms with Crippen molar-refractivity contribution in [3.63, 3.8) is 0 Å². The van der Waals surface area contributed by atoms with E-state index >= 15 is 0 Å². The molecule has 126 valence electrons. The standard InChI is InChI=1S/C20H30N2O/c1-16(14-17-6-4-3-5-7-17)19-15-20(19)21-18-8-10-22(11-9-18)12-13-23-2/h3-7,14,18-21H,8-13,15H2,1-2H3/b16-14+. The Morgan fingerprint density at radius 1 is 1.26 bits per heavy atom. The smallest absolute Gasteiger partial charge is 0.0589 e. The molecule has 1 aromatic rings. The highest BCUT2D eigenvalue weighted by atomic mass is 16.5. The van der Waals surface area contributed by atoms with Gasteiger partial charge >= 0.3 is 0 Å². The summed E-state index contributed by atoms with van der Waals surface area (Å²) in [5.74, 6) is 0.738. The molecule has 1 aromatic carbocycles. The molecule has 3 rings (SSSR count). The van der Waals surface area contributed by atoms with Gasteiger partial charge in [0.15, 0.2) is 0 Å². The van der Waals surface area contributed by atoms with Crippen molar-refractivity contribution in [1.82, 2.24) is 10.2 Å². The average molecular weight is 314 g/mol. The molecule has 3 heteroatoms. The van der Waals surface area contributed by atoms with Gasteiger partial charge in [0, 0.05) is 25.7 Å². The number of likely N-dealkylation sites (tertiary alicyclic amines) is 1. The van der Waals surface area contributed by atoms with Gasteiger partial charge in [0.1, 0.15) is 0 Å². The largest absolute Gasteiger partial charge is 0.383 e. The molecule has 1 aliphatic heterocycles. The van der Waals surface area contributed by atoms with Crippen LogP contribution in [0.1, 0.15) is 31.7 Å². The van der Waals surface area contributed by atoms with Crippen LogP contribution in [0, 0.1) is 5.92 Å². The Hall–Kier alpha value is -1.16. The lowest BCUT2D eigenvalue weighted by atomic mass is 10.0. The van der Waals surface area contributed by atoms with Crippen molar-refractivity contribution in [2.24, 2.45) is 5.92 Å². The second kappa shape index (κ2) is 8.09. The molecule has 1 saturated carbocycles. The van der Waals surface area contributed by atoms with Crippen molar-refractivity contribution in [2.45, 2.75) is 38.3 Å². The minimum Gasteiger partial charge on any atom is -0.383 e. The van der Waals surface area contributed by atoms with E-state index in [1.165, 1.54) is 43.5 Å². The SMILES string of the molecule is COCCN1CCC(NC2CC2/C(C)=C/c2ccccc2)CC1. The highest BCUT2D eigenvalue weighted by Crippen LogP contribution is 2.38. The van der Waals surface area contributed by atoms with Crippen LogP contribution in [-0.4, -0.2) is 50.3 Å². The van der Waals surface area contributed by atoms with Gasteiger partial charge in [-0.25, -0.2) is 0 Å². The van der Waals surface area contributed by atoms with Crippen molar-refractivity contribution >= 4 is 6.08 Å². The van der Waals surface area contributed by atoms with Crippen LogP contribution in [0.5, 0.6) is 0 Å². The Balaban J connectivity index is 1.41. The molecule has 0 aromatic heterocycles. The normalized spacial score (nSPS) is 26.4. The zero-order valence-corrected chi connectivity index (χ0v) is 14.5. The first kappa shape index (κ1) is 16.7. The topological polar surface area (TPSA) is 24.5 Å². The molecule has 3 nitrogen and oxygen atoms in total. The van der Waals surface area contributed by atoms with E-state index in [2.05, 4.69) is 53.5 Å². The maximum atomic E-state index is 5.17. The van der Waals surface area contributed by atoms with E-state index < -0.39 is 0 Å². The molecule has 1 heterocycles. The van der Waals surface area contributed by atoms with Gasteiger partial charge in [0.25, 0.3) is 0 Å². The Bertz CT molecular complexity index is 506. The molecule has 2 atom stereocenters. The number of ether oxygens (including phenoxy) is 1. The average Bonchev–Trinajstić information content (AvgIpc) is 3.34. The van der Waals surface area contributed by atoms with Crippen LogP contribution in [0.25, 0.3) is 6.08 Å². The molecule has 2 aliphatic rings. The highest BCUT2D eigenvalue weighted by Gasteiger charge is 2.39. The summed E-state index contributed by atoms with van der Waals surface area (Å²) in [6.07, 6.45) is 6.20. The summed E-state index contributed by atoms with van der Waals surface area (Å²) < 4.78 is 5.17. The fraction of sp³-hybridized carbons (Fsp3) is 0.600. The Kier molecular flexibility index (Phi) is 5.87. The fourth-order valence-corrected chi connectivity index (χ4v) is 3.65. The first-order valence-corrected chi connectivity index (χ1v) is 8.97. The molecule has 0 radical (unpaired) electrons. The van der Waals surface area contributed by atoms with Gasteiger partial charge in [-0.15, -0.1) is 0 Å². The molecule has 2 fully saturated rings. The summed E-state index contributed by atoms with van der Waals surface area (Å²) in [5, 5.41) is 3.89. The second-order valence-electron chi connectivity index (χ2n) is 7.02. The van der Waals surface area contributed by atoms with Crippen molar-refractivity contribution in [1.29, 1.82) is 0 Å². The van der Waals surface area contributed by atoms with Gasteiger partial charge in [-0.05, 0) is 50.8 Å². The van der Waals surface area contributed by atoms with E-state index in [-0.39, 0.29) is 0 Å². The van der Waals surface area contributed by atoms with Gasteiger partial charge in [-0.3, -0.25) is 0 Å². The summed E-state index contributed by atoms with van der Waals surface area (Å²) in [6, 6.07) is 12.1. The Labute approximate surface area is 140 Å². The molecular formula is C20H30N2O. The molecule has 1 saturated heterocycles. The van der Waals surface area contributed by atoms with Crippen LogP contribution in [0.4, 0.5) is 0 Å². The van der Waals surface area contributed by atoms with Crippen molar-refractivity contribution in [2.75, 3.05) is 33.4 Å². The quantitative estimate of drug-likeness (QED) is 0.836. The monoisotopic (exact) mass is 314 g/mol. The third kappa shape index (κ3) is 4.90. The van der Waals surface area contributed by atoms with Crippen LogP contribution >= 0.6 is 0 Å². The van der Waals surface area contributed by atoms with Crippen LogP contribution in [0.15, 0.2) is 35.9 Å². The van der Waals surface area contributed by atoms with Gasteiger partial charge in [-0.1, -0.05) is 42.0 Å². The molecule has 2 unspecified atom stereocenters. The third-order valence-electron chi connectivity index (χ3n) is 5.22. The summed E-state index contributed by atoms with van der Waals surface area (Å²) >= 11 is 0. The molecule has 0 bridgehead atoms. The fourth-order valence-electron chi connectivity index (χ4n) is 3.65. The van der Waals surface area contributed by atoms with Crippen molar-refractivity contribution < 1.29 is 4.74 Å². The first-order valence-electron chi connectivity index (χ1n) is 8.97. The number of hydrogen-bond donors (Lipinski definition) is 1. The van der Waals surface area contributed by atoms with E-state index in [0.717, 1.165) is 19.1 Å². The molecular weight excluding hydrogens is 284 g/mol. The Morgan fingerprint density at radius 3 is 2.70 bits per heavy atom. The lowest BCUT2D eigenvalue weighted by molar-refractivity contribution is 0.125. The summed E-state index contributed by atoms with van der Waals surface area (Å²) in [4.78, 5) is 2.52. The predicted octanol–water partition coefficient (Wildman–Crippen LogP) is 3.18. The van der Waals surface area contributed by atoms with E-state index in [1.54, 1.807) is 7.11 Å². The lowest BCUT2D eigenvalue weighted by Crippen LogP contribution is -2.44. The molecule has 23 heavy (non-hydrogen) atoms. The number of methoxy groups -OCH3 is 1. The van der Waals surface area contributed by atoms with Gasteiger partial charge in [0.05, 0.1) is 6.61 Å².